The zero-order valence-electron chi connectivity index (χ0n) is 17.9. The van der Waals surface area contributed by atoms with Crippen LogP contribution in [0.25, 0.3) is 0 Å². The summed E-state index contributed by atoms with van der Waals surface area (Å²) in [5.74, 6) is -0.397. The van der Waals surface area contributed by atoms with Gasteiger partial charge in [0.2, 0.25) is 0 Å². The first kappa shape index (κ1) is 23.9. The molecule has 7 heteroatoms. The number of ether oxygens (including phenoxy) is 2. The van der Waals surface area contributed by atoms with E-state index in [-0.39, 0.29) is 12.5 Å². The molecule has 0 spiro atoms. The van der Waals surface area contributed by atoms with Gasteiger partial charge in [-0.2, -0.15) is 5.26 Å². The highest BCUT2D eigenvalue weighted by Crippen LogP contribution is 2.10. The molecule has 0 fully saturated rings. The van der Waals surface area contributed by atoms with Crippen LogP contribution < -0.4 is 10.6 Å². The van der Waals surface area contributed by atoms with Crippen LogP contribution in [-0.2, 0) is 27.4 Å². The highest BCUT2D eigenvalue weighted by molar-refractivity contribution is 5.84. The van der Waals surface area contributed by atoms with E-state index in [0.29, 0.717) is 19.6 Å². The Hall–Kier alpha value is -3.37. The van der Waals surface area contributed by atoms with E-state index in [1.165, 1.54) is 0 Å². The molecule has 0 saturated heterocycles. The molecule has 2 atom stereocenters. The second-order valence-corrected chi connectivity index (χ2v) is 7.55. The smallest absolute Gasteiger partial charge is 0.408 e. The van der Waals surface area contributed by atoms with Gasteiger partial charge in [0, 0.05) is 6.54 Å². The number of nitriles is 1. The van der Waals surface area contributed by atoms with Gasteiger partial charge in [-0.25, -0.2) is 4.79 Å². The van der Waals surface area contributed by atoms with Gasteiger partial charge in [-0.05, 0) is 23.5 Å². The highest BCUT2D eigenvalue weighted by Gasteiger charge is 2.26. The second kappa shape index (κ2) is 13.0. The van der Waals surface area contributed by atoms with Crippen molar-refractivity contribution in [1.29, 1.82) is 5.26 Å². The molecule has 0 aromatic heterocycles. The molecule has 0 aliphatic carbocycles. The summed E-state index contributed by atoms with van der Waals surface area (Å²) in [6, 6.07) is 20.1. The Balaban J connectivity index is 1.85. The maximum absolute atomic E-state index is 12.7. The van der Waals surface area contributed by atoms with Crippen molar-refractivity contribution in [2.75, 3.05) is 6.61 Å². The van der Waals surface area contributed by atoms with E-state index >= 15 is 0 Å². The quantitative estimate of drug-likeness (QED) is 0.576. The van der Waals surface area contributed by atoms with Gasteiger partial charge in [-0.1, -0.05) is 74.5 Å². The number of carbonyl (C=O) groups excluding carboxylic acids is 2. The van der Waals surface area contributed by atoms with Crippen molar-refractivity contribution in [2.45, 2.75) is 45.6 Å². The summed E-state index contributed by atoms with van der Waals surface area (Å²) in [5, 5.41) is 14.6. The third-order valence-electron chi connectivity index (χ3n) is 4.38. The molecule has 2 aromatic rings. The average molecular weight is 424 g/mol. The summed E-state index contributed by atoms with van der Waals surface area (Å²) in [6.45, 7) is 4.52. The Morgan fingerprint density at radius 3 is 2.19 bits per heavy atom. The summed E-state index contributed by atoms with van der Waals surface area (Å²) in [5.41, 5.74) is 1.89. The van der Waals surface area contributed by atoms with Gasteiger partial charge in [0.1, 0.15) is 6.04 Å². The molecular formula is C24H29N3O4. The topological polar surface area (TPSA) is 100 Å². The van der Waals surface area contributed by atoms with Gasteiger partial charge in [0.25, 0.3) is 5.91 Å². The van der Waals surface area contributed by atoms with E-state index in [9.17, 15) is 14.9 Å². The molecule has 31 heavy (non-hydrogen) atoms. The summed E-state index contributed by atoms with van der Waals surface area (Å²) in [6.07, 6.45) is -1.34. The molecule has 0 radical (unpaired) electrons. The van der Waals surface area contributed by atoms with Crippen LogP contribution in [0.5, 0.6) is 0 Å². The molecule has 0 heterocycles. The van der Waals surface area contributed by atoms with E-state index < -0.39 is 24.1 Å². The van der Waals surface area contributed by atoms with Crippen LogP contribution in [0, 0.1) is 17.2 Å². The van der Waals surface area contributed by atoms with E-state index in [0.717, 1.165) is 11.1 Å². The molecule has 2 rings (SSSR count). The third kappa shape index (κ3) is 9.32. The molecule has 0 aliphatic heterocycles. The Morgan fingerprint density at radius 1 is 1.00 bits per heavy atom. The largest absolute Gasteiger partial charge is 0.436 e. The Morgan fingerprint density at radius 2 is 1.61 bits per heavy atom. The number of benzene rings is 2. The van der Waals surface area contributed by atoms with Crippen LogP contribution in [0.2, 0.25) is 0 Å². The summed E-state index contributed by atoms with van der Waals surface area (Å²) >= 11 is 0. The molecule has 2 unspecified atom stereocenters. The number of carbonyl (C=O) groups is 2. The van der Waals surface area contributed by atoms with Crippen molar-refractivity contribution in [3.8, 4) is 6.07 Å². The minimum atomic E-state index is -0.999. The number of amides is 2. The van der Waals surface area contributed by atoms with E-state index in [2.05, 4.69) is 10.6 Å². The minimum Gasteiger partial charge on any atom is -0.436 e. The van der Waals surface area contributed by atoms with Crippen molar-refractivity contribution in [3.05, 3.63) is 71.8 Å². The van der Waals surface area contributed by atoms with E-state index in [4.69, 9.17) is 9.47 Å². The fraction of sp³-hybridized carbons (Fsp3) is 0.375. The maximum atomic E-state index is 12.7. The van der Waals surface area contributed by atoms with Crippen LogP contribution in [0.15, 0.2) is 60.7 Å². The number of nitrogens with zero attached hydrogens (tertiary/aromatic N) is 1. The lowest BCUT2D eigenvalue weighted by Crippen LogP contribution is -2.46. The highest BCUT2D eigenvalue weighted by atomic mass is 16.6. The third-order valence-corrected chi connectivity index (χ3v) is 4.38. The summed E-state index contributed by atoms with van der Waals surface area (Å²) in [7, 11) is 0. The molecular weight excluding hydrogens is 394 g/mol. The van der Waals surface area contributed by atoms with Crippen molar-refractivity contribution < 1.29 is 19.1 Å². The van der Waals surface area contributed by atoms with E-state index in [1.807, 2.05) is 80.6 Å². The molecule has 164 valence electrons. The van der Waals surface area contributed by atoms with Crippen LogP contribution >= 0.6 is 0 Å². The monoisotopic (exact) mass is 423 g/mol. The van der Waals surface area contributed by atoms with Gasteiger partial charge in [-0.15, -0.1) is 0 Å². The average Bonchev–Trinajstić information content (AvgIpc) is 2.77. The SMILES string of the molecule is CC(C)CC(OC(=O)NCc1ccccc1)C(=O)NC(C#N)COCc1ccccc1. The first-order valence-corrected chi connectivity index (χ1v) is 10.3. The summed E-state index contributed by atoms with van der Waals surface area (Å²) in [4.78, 5) is 24.9. The molecule has 0 bridgehead atoms. The zero-order chi connectivity index (χ0) is 22.5. The predicted molar refractivity (Wildman–Crippen MR) is 117 cm³/mol. The molecule has 2 N–H and O–H groups in total. The summed E-state index contributed by atoms with van der Waals surface area (Å²) < 4.78 is 10.9. The molecule has 2 amide bonds. The standard InChI is InChI=1S/C24H29N3O4/c1-18(2)13-22(31-24(29)26-15-19-9-5-3-6-10-19)23(28)27-21(14-25)17-30-16-20-11-7-4-8-12-20/h3-12,18,21-22H,13,15-17H2,1-2H3,(H,26,29)(H,27,28). The van der Waals surface area contributed by atoms with Gasteiger partial charge < -0.3 is 20.1 Å². The van der Waals surface area contributed by atoms with Crippen molar-refractivity contribution >= 4 is 12.0 Å². The lowest BCUT2D eigenvalue weighted by atomic mass is 10.1. The second-order valence-electron chi connectivity index (χ2n) is 7.55. The fourth-order valence-corrected chi connectivity index (χ4v) is 2.82. The van der Waals surface area contributed by atoms with Crippen molar-refractivity contribution in [2.24, 2.45) is 5.92 Å². The zero-order valence-corrected chi connectivity index (χ0v) is 17.9. The molecule has 0 saturated carbocycles. The first-order valence-electron chi connectivity index (χ1n) is 10.3. The van der Waals surface area contributed by atoms with Gasteiger partial charge in [0.15, 0.2) is 6.10 Å². The molecule has 0 aliphatic rings. The number of alkyl carbamates (subject to hydrolysis) is 1. The predicted octanol–water partition coefficient (Wildman–Crippen LogP) is 3.55. The minimum absolute atomic E-state index is 0.0335. The number of hydrogen-bond donors (Lipinski definition) is 2. The van der Waals surface area contributed by atoms with Crippen LogP contribution in [0.4, 0.5) is 4.79 Å². The number of hydrogen-bond acceptors (Lipinski definition) is 5. The van der Waals surface area contributed by atoms with Crippen molar-refractivity contribution in [1.82, 2.24) is 10.6 Å². The number of nitrogens with one attached hydrogen (secondary N) is 2. The lowest BCUT2D eigenvalue weighted by molar-refractivity contribution is -0.131. The van der Waals surface area contributed by atoms with Crippen LogP contribution in [0.3, 0.4) is 0 Å². The lowest BCUT2D eigenvalue weighted by Gasteiger charge is -2.21. The van der Waals surface area contributed by atoms with E-state index in [1.54, 1.807) is 0 Å². The Labute approximate surface area is 183 Å². The molecule has 7 nitrogen and oxygen atoms in total. The van der Waals surface area contributed by atoms with Crippen LogP contribution in [0.1, 0.15) is 31.4 Å². The van der Waals surface area contributed by atoms with Gasteiger partial charge in [0.05, 0.1) is 19.3 Å². The molecule has 2 aromatic carbocycles. The van der Waals surface area contributed by atoms with Gasteiger partial charge >= 0.3 is 6.09 Å². The normalized spacial score (nSPS) is 12.5. The Kier molecular flexibility index (Phi) is 10.1. The Bertz CT molecular complexity index is 850. The number of rotatable bonds is 11. The van der Waals surface area contributed by atoms with Crippen molar-refractivity contribution in [3.63, 3.8) is 0 Å². The maximum Gasteiger partial charge on any atom is 0.408 e. The van der Waals surface area contributed by atoms with Gasteiger partial charge in [-0.3, -0.25) is 4.79 Å². The fourth-order valence-electron chi connectivity index (χ4n) is 2.82. The first-order chi connectivity index (χ1) is 15.0. The van der Waals surface area contributed by atoms with Crippen LogP contribution in [-0.4, -0.2) is 30.8 Å².